The molecule has 1 aliphatic heterocycles. The molecule has 3 rings (SSSR count). The Morgan fingerprint density at radius 3 is 2.30 bits per heavy atom. The third kappa shape index (κ3) is 5.83. The molecular formula is C23H31N3O. The van der Waals surface area contributed by atoms with Crippen molar-refractivity contribution >= 4 is 6.03 Å². The van der Waals surface area contributed by atoms with Crippen LogP contribution in [0.25, 0.3) is 0 Å². The first kappa shape index (κ1) is 19.4. The van der Waals surface area contributed by atoms with E-state index in [1.807, 2.05) is 12.1 Å². The van der Waals surface area contributed by atoms with E-state index >= 15 is 0 Å². The number of nitrogens with zero attached hydrogens (tertiary/aromatic N) is 1. The van der Waals surface area contributed by atoms with Gasteiger partial charge in [0.1, 0.15) is 0 Å². The third-order valence-corrected chi connectivity index (χ3v) is 5.41. The standard InChI is InChI=1S/C23H31N3O/c1-2-26-17-9-14-21(18-26)25-23(27)24-16-15-22(19-10-5-3-6-11-19)20-12-7-4-8-13-20/h3-8,10-13,21-22H,2,9,14-18H2,1H3,(H2,24,25,27). The number of likely N-dealkylation sites (N-methyl/N-ethyl adjacent to an activating group) is 1. The minimum Gasteiger partial charge on any atom is -0.338 e. The average Bonchev–Trinajstić information content (AvgIpc) is 2.72. The van der Waals surface area contributed by atoms with Gasteiger partial charge < -0.3 is 15.5 Å². The van der Waals surface area contributed by atoms with E-state index in [0.717, 1.165) is 38.9 Å². The van der Waals surface area contributed by atoms with Crippen LogP contribution in [0.3, 0.4) is 0 Å². The van der Waals surface area contributed by atoms with E-state index in [4.69, 9.17) is 0 Å². The lowest BCUT2D eigenvalue weighted by Crippen LogP contribution is -2.50. The van der Waals surface area contributed by atoms with Crippen LogP contribution in [-0.4, -0.2) is 43.2 Å². The molecule has 0 radical (unpaired) electrons. The van der Waals surface area contributed by atoms with Gasteiger partial charge in [-0.2, -0.15) is 0 Å². The van der Waals surface area contributed by atoms with Crippen molar-refractivity contribution in [2.75, 3.05) is 26.2 Å². The number of amides is 2. The number of piperidine rings is 1. The molecule has 1 aliphatic rings. The van der Waals surface area contributed by atoms with Gasteiger partial charge in [-0.25, -0.2) is 4.79 Å². The number of carbonyl (C=O) groups excluding carboxylic acids is 1. The highest BCUT2D eigenvalue weighted by molar-refractivity contribution is 5.74. The number of rotatable bonds is 7. The van der Waals surface area contributed by atoms with Crippen LogP contribution in [-0.2, 0) is 0 Å². The fourth-order valence-corrected chi connectivity index (χ4v) is 3.92. The van der Waals surface area contributed by atoms with Crippen molar-refractivity contribution in [3.05, 3.63) is 71.8 Å². The zero-order valence-corrected chi connectivity index (χ0v) is 16.2. The van der Waals surface area contributed by atoms with Gasteiger partial charge >= 0.3 is 6.03 Å². The van der Waals surface area contributed by atoms with Gasteiger partial charge in [0.05, 0.1) is 0 Å². The Morgan fingerprint density at radius 1 is 1.07 bits per heavy atom. The second-order valence-corrected chi connectivity index (χ2v) is 7.30. The molecular weight excluding hydrogens is 334 g/mol. The molecule has 2 aromatic carbocycles. The Hall–Kier alpha value is -2.33. The number of hydrogen-bond donors (Lipinski definition) is 2. The molecule has 0 aliphatic carbocycles. The first-order valence-electron chi connectivity index (χ1n) is 10.1. The molecule has 1 heterocycles. The lowest BCUT2D eigenvalue weighted by atomic mass is 9.88. The predicted molar refractivity (Wildman–Crippen MR) is 111 cm³/mol. The largest absolute Gasteiger partial charge is 0.338 e. The molecule has 2 aromatic rings. The van der Waals surface area contributed by atoms with E-state index in [1.54, 1.807) is 0 Å². The smallest absolute Gasteiger partial charge is 0.315 e. The Bertz CT molecular complexity index is 650. The number of nitrogens with one attached hydrogen (secondary N) is 2. The van der Waals surface area contributed by atoms with Crippen LogP contribution in [0.2, 0.25) is 0 Å². The van der Waals surface area contributed by atoms with Crippen LogP contribution < -0.4 is 10.6 Å². The van der Waals surface area contributed by atoms with Crippen molar-refractivity contribution in [3.8, 4) is 0 Å². The predicted octanol–water partition coefficient (Wildman–Crippen LogP) is 3.99. The maximum Gasteiger partial charge on any atom is 0.315 e. The molecule has 2 N–H and O–H groups in total. The molecule has 144 valence electrons. The van der Waals surface area contributed by atoms with Gasteiger partial charge in [0.15, 0.2) is 0 Å². The van der Waals surface area contributed by atoms with E-state index in [2.05, 4.69) is 71.0 Å². The zero-order valence-electron chi connectivity index (χ0n) is 16.2. The zero-order chi connectivity index (χ0) is 18.9. The highest BCUT2D eigenvalue weighted by Gasteiger charge is 2.20. The molecule has 27 heavy (non-hydrogen) atoms. The molecule has 1 atom stereocenters. The minimum atomic E-state index is -0.0437. The van der Waals surface area contributed by atoms with Crippen LogP contribution in [0.15, 0.2) is 60.7 Å². The van der Waals surface area contributed by atoms with Gasteiger partial charge in [-0.15, -0.1) is 0 Å². The Kier molecular flexibility index (Phi) is 7.28. The summed E-state index contributed by atoms with van der Waals surface area (Å²) in [5.74, 6) is 0.290. The van der Waals surface area contributed by atoms with Crippen LogP contribution in [0.4, 0.5) is 4.79 Å². The van der Waals surface area contributed by atoms with Gasteiger partial charge in [-0.3, -0.25) is 0 Å². The number of hydrogen-bond acceptors (Lipinski definition) is 2. The van der Waals surface area contributed by atoms with Gasteiger partial charge in [0, 0.05) is 25.0 Å². The highest BCUT2D eigenvalue weighted by Crippen LogP contribution is 2.27. The van der Waals surface area contributed by atoms with Gasteiger partial charge in [0.2, 0.25) is 0 Å². The van der Waals surface area contributed by atoms with E-state index in [0.29, 0.717) is 6.54 Å². The molecule has 0 saturated carbocycles. The van der Waals surface area contributed by atoms with Gasteiger partial charge in [-0.05, 0) is 43.5 Å². The maximum absolute atomic E-state index is 12.3. The van der Waals surface area contributed by atoms with Crippen LogP contribution >= 0.6 is 0 Å². The highest BCUT2D eigenvalue weighted by atomic mass is 16.2. The minimum absolute atomic E-state index is 0.0437. The van der Waals surface area contributed by atoms with Crippen LogP contribution in [0.5, 0.6) is 0 Å². The molecule has 1 fully saturated rings. The normalized spacial score (nSPS) is 17.6. The summed E-state index contributed by atoms with van der Waals surface area (Å²) in [6, 6.07) is 21.3. The second kappa shape index (κ2) is 10.1. The summed E-state index contributed by atoms with van der Waals surface area (Å²) >= 11 is 0. The molecule has 1 saturated heterocycles. The molecule has 0 aromatic heterocycles. The Morgan fingerprint density at radius 2 is 1.70 bits per heavy atom. The van der Waals surface area contributed by atoms with Crippen LogP contribution in [0, 0.1) is 0 Å². The number of carbonyl (C=O) groups is 1. The third-order valence-electron chi connectivity index (χ3n) is 5.41. The van der Waals surface area contributed by atoms with E-state index in [1.165, 1.54) is 11.1 Å². The molecule has 0 spiro atoms. The fourth-order valence-electron chi connectivity index (χ4n) is 3.92. The average molecular weight is 366 g/mol. The summed E-state index contributed by atoms with van der Waals surface area (Å²) in [5.41, 5.74) is 2.58. The lowest BCUT2D eigenvalue weighted by molar-refractivity contribution is 0.192. The van der Waals surface area contributed by atoms with Gasteiger partial charge in [-0.1, -0.05) is 67.6 Å². The summed E-state index contributed by atoms with van der Waals surface area (Å²) in [4.78, 5) is 14.7. The van der Waals surface area contributed by atoms with Crippen molar-refractivity contribution in [1.82, 2.24) is 15.5 Å². The molecule has 2 amide bonds. The summed E-state index contributed by atoms with van der Waals surface area (Å²) in [7, 11) is 0. The Labute approximate surface area is 163 Å². The summed E-state index contributed by atoms with van der Waals surface area (Å²) in [6.45, 7) is 5.99. The molecule has 4 heteroatoms. The van der Waals surface area contributed by atoms with Crippen molar-refractivity contribution < 1.29 is 4.79 Å². The first-order valence-corrected chi connectivity index (χ1v) is 10.1. The van der Waals surface area contributed by atoms with E-state index in [-0.39, 0.29) is 18.0 Å². The summed E-state index contributed by atoms with van der Waals surface area (Å²) in [6.07, 6.45) is 3.11. The molecule has 1 unspecified atom stereocenters. The second-order valence-electron chi connectivity index (χ2n) is 7.30. The monoisotopic (exact) mass is 365 g/mol. The number of benzene rings is 2. The van der Waals surface area contributed by atoms with Crippen LogP contribution in [0.1, 0.15) is 43.2 Å². The number of urea groups is 1. The SMILES string of the molecule is CCN1CCCC(NC(=O)NCCC(c2ccccc2)c2ccccc2)C1. The first-order chi connectivity index (χ1) is 13.3. The maximum atomic E-state index is 12.3. The van der Waals surface area contributed by atoms with Crippen molar-refractivity contribution in [3.63, 3.8) is 0 Å². The summed E-state index contributed by atoms with van der Waals surface area (Å²) < 4.78 is 0. The van der Waals surface area contributed by atoms with Crippen molar-refractivity contribution in [2.24, 2.45) is 0 Å². The quantitative estimate of drug-likeness (QED) is 0.779. The summed E-state index contributed by atoms with van der Waals surface area (Å²) in [5, 5.41) is 6.21. The lowest BCUT2D eigenvalue weighted by Gasteiger charge is -2.32. The number of likely N-dealkylation sites (tertiary alicyclic amines) is 1. The van der Waals surface area contributed by atoms with Gasteiger partial charge in [0.25, 0.3) is 0 Å². The van der Waals surface area contributed by atoms with Crippen molar-refractivity contribution in [1.29, 1.82) is 0 Å². The topological polar surface area (TPSA) is 44.4 Å². The molecule has 0 bridgehead atoms. The fraction of sp³-hybridized carbons (Fsp3) is 0.435. The van der Waals surface area contributed by atoms with E-state index < -0.39 is 0 Å². The van der Waals surface area contributed by atoms with E-state index in [9.17, 15) is 4.79 Å². The molecule has 4 nitrogen and oxygen atoms in total. The van der Waals surface area contributed by atoms with Crippen molar-refractivity contribution in [2.45, 2.75) is 38.1 Å². The Balaban J connectivity index is 1.52.